The van der Waals surface area contributed by atoms with Crippen molar-refractivity contribution in [3.8, 4) is 5.75 Å². The molecule has 8 nitrogen and oxygen atoms in total. The van der Waals surface area contributed by atoms with Gasteiger partial charge in [0.05, 0.1) is 24.2 Å². The summed E-state index contributed by atoms with van der Waals surface area (Å²) in [6, 6.07) is 30.1. The highest BCUT2D eigenvalue weighted by Crippen LogP contribution is 2.31. The van der Waals surface area contributed by atoms with Crippen LogP contribution in [0.15, 0.2) is 109 Å². The molecule has 0 radical (unpaired) electrons. The average Bonchev–Trinajstić information content (AvgIpc) is 2.97. The van der Waals surface area contributed by atoms with E-state index in [-0.39, 0.29) is 31.9 Å². The van der Waals surface area contributed by atoms with Crippen LogP contribution in [0.5, 0.6) is 5.75 Å². The summed E-state index contributed by atoms with van der Waals surface area (Å²) in [5.74, 6) is -2.17. The van der Waals surface area contributed by atoms with Crippen molar-refractivity contribution >= 4 is 11.7 Å². The van der Waals surface area contributed by atoms with Crippen LogP contribution in [0, 0.1) is 15.9 Å². The molecule has 0 spiro atoms. The molecule has 9 heteroatoms. The maximum Gasteiger partial charge on any atom is 0.324 e. The van der Waals surface area contributed by atoms with E-state index in [1.165, 1.54) is 0 Å². The zero-order valence-corrected chi connectivity index (χ0v) is 22.3. The third-order valence-corrected chi connectivity index (χ3v) is 6.51. The van der Waals surface area contributed by atoms with Gasteiger partial charge in [0.25, 0.3) is 0 Å². The fourth-order valence-electron chi connectivity index (χ4n) is 4.58. The predicted octanol–water partition coefficient (Wildman–Crippen LogP) is 6.24. The van der Waals surface area contributed by atoms with Crippen molar-refractivity contribution in [2.75, 3.05) is 6.61 Å². The fourth-order valence-corrected chi connectivity index (χ4v) is 4.58. The lowest BCUT2D eigenvalue weighted by atomic mass is 10.0. The Bertz CT molecular complexity index is 1360. The molecule has 0 fully saturated rings. The highest BCUT2D eigenvalue weighted by molar-refractivity contribution is 5.74. The molecule has 0 saturated heterocycles. The zero-order valence-electron chi connectivity index (χ0n) is 22.3. The van der Waals surface area contributed by atoms with Crippen LogP contribution >= 0.6 is 0 Å². The summed E-state index contributed by atoms with van der Waals surface area (Å²) in [6.45, 7) is 0.995. The second-order valence-electron chi connectivity index (χ2n) is 9.51. The Kier molecular flexibility index (Phi) is 10.5. The Labute approximate surface area is 237 Å². The Morgan fingerprint density at radius 2 is 1.39 bits per heavy atom. The van der Waals surface area contributed by atoms with Crippen molar-refractivity contribution in [2.24, 2.45) is 0 Å². The van der Waals surface area contributed by atoms with Gasteiger partial charge in [0.2, 0.25) is 0 Å². The Morgan fingerprint density at radius 1 is 0.854 bits per heavy atom. The topological polar surface area (TPSA) is 102 Å². The molecular weight excluding hydrogens is 527 g/mol. The van der Waals surface area contributed by atoms with Gasteiger partial charge < -0.3 is 14.6 Å². The van der Waals surface area contributed by atoms with Crippen LogP contribution in [0.1, 0.15) is 23.1 Å². The number of carboxylic acids is 1. The summed E-state index contributed by atoms with van der Waals surface area (Å²) in [4.78, 5) is 25.6. The van der Waals surface area contributed by atoms with Crippen LogP contribution in [-0.2, 0) is 29.2 Å². The second-order valence-corrected chi connectivity index (χ2v) is 9.51. The lowest BCUT2D eigenvalue weighted by Crippen LogP contribution is -2.51. The molecule has 0 saturated carbocycles. The lowest BCUT2D eigenvalue weighted by Gasteiger charge is -2.34. The number of nitro groups is 1. The first kappa shape index (κ1) is 29.4. The predicted molar refractivity (Wildman–Crippen MR) is 152 cm³/mol. The summed E-state index contributed by atoms with van der Waals surface area (Å²) >= 11 is 0. The number of carbonyl (C=O) groups is 1. The molecule has 212 valence electrons. The zero-order chi connectivity index (χ0) is 29.0. The molecule has 0 unspecified atom stereocenters. The number of ether oxygens (including phenoxy) is 2. The highest BCUT2D eigenvalue weighted by Gasteiger charge is 2.37. The van der Waals surface area contributed by atoms with Crippen LogP contribution in [0.3, 0.4) is 0 Å². The number of rotatable bonds is 15. The maximum absolute atomic E-state index is 13.9. The number of benzene rings is 4. The molecule has 0 amide bonds. The number of hydrogen-bond donors (Lipinski definition) is 1. The van der Waals surface area contributed by atoms with Crippen LogP contribution < -0.4 is 4.74 Å². The Morgan fingerprint density at radius 3 is 1.90 bits per heavy atom. The van der Waals surface area contributed by atoms with Gasteiger partial charge in [-0.25, -0.2) is 4.39 Å². The van der Waals surface area contributed by atoms with Crippen LogP contribution in [0.25, 0.3) is 0 Å². The molecule has 4 rings (SSSR count). The maximum atomic E-state index is 13.9. The van der Waals surface area contributed by atoms with Gasteiger partial charge in [0.15, 0.2) is 5.75 Å². The van der Waals surface area contributed by atoms with E-state index in [0.717, 1.165) is 34.9 Å². The third-order valence-electron chi connectivity index (χ3n) is 6.51. The van der Waals surface area contributed by atoms with Gasteiger partial charge in [-0.05, 0) is 28.8 Å². The van der Waals surface area contributed by atoms with E-state index in [1.54, 1.807) is 4.90 Å². The highest BCUT2D eigenvalue weighted by atomic mass is 19.1. The average molecular weight is 559 g/mol. The Hall–Kier alpha value is -4.60. The van der Waals surface area contributed by atoms with Gasteiger partial charge in [-0.1, -0.05) is 91.0 Å². The van der Waals surface area contributed by atoms with Gasteiger partial charge in [0, 0.05) is 19.5 Å². The molecule has 4 aromatic rings. The van der Waals surface area contributed by atoms with E-state index in [4.69, 9.17) is 9.47 Å². The standard InChI is InChI=1S/C32H31FN2O6/c33-27-16-17-29(28(20-27)35(38)39)41-30(18-19-40-23-26-14-8-3-9-15-26)31(32(36)37)34(21-24-10-4-1-5-11-24)22-25-12-6-2-7-13-25/h1-17,20,30-31H,18-19,21-23H2,(H,36,37)/t30-,31-/m0/s1. The monoisotopic (exact) mass is 558 g/mol. The van der Waals surface area contributed by atoms with Crippen molar-refractivity contribution in [2.45, 2.75) is 38.3 Å². The molecule has 2 atom stereocenters. The first-order chi connectivity index (χ1) is 19.9. The second kappa shape index (κ2) is 14.7. The van der Waals surface area contributed by atoms with Gasteiger partial charge in [-0.3, -0.25) is 19.8 Å². The number of aliphatic carboxylic acids is 1. The molecule has 0 aromatic heterocycles. The number of carboxylic acid groups (broad SMARTS) is 1. The summed E-state index contributed by atoms with van der Waals surface area (Å²) < 4.78 is 25.8. The SMILES string of the molecule is O=C(O)[C@H]([C@H](CCOCc1ccccc1)Oc1ccc(F)cc1[N+](=O)[O-])N(Cc1ccccc1)Cc1ccccc1. The minimum atomic E-state index is -1.22. The van der Waals surface area contributed by atoms with Crippen LogP contribution in [-0.4, -0.2) is 39.7 Å². The van der Waals surface area contributed by atoms with E-state index < -0.39 is 34.5 Å². The van der Waals surface area contributed by atoms with Crippen molar-refractivity contribution in [1.82, 2.24) is 4.90 Å². The van der Waals surface area contributed by atoms with Crippen molar-refractivity contribution in [3.05, 3.63) is 142 Å². The molecule has 4 aromatic carbocycles. The molecule has 0 heterocycles. The summed E-state index contributed by atoms with van der Waals surface area (Å²) in [7, 11) is 0. The van der Waals surface area contributed by atoms with E-state index in [1.807, 2.05) is 91.0 Å². The van der Waals surface area contributed by atoms with Crippen molar-refractivity contribution in [1.29, 1.82) is 0 Å². The summed E-state index contributed by atoms with van der Waals surface area (Å²) in [5, 5.41) is 22.2. The minimum Gasteiger partial charge on any atom is -0.481 e. The van der Waals surface area contributed by atoms with Gasteiger partial charge in [0.1, 0.15) is 18.0 Å². The number of halogens is 1. The first-order valence-corrected chi connectivity index (χ1v) is 13.2. The van der Waals surface area contributed by atoms with Gasteiger partial charge in [-0.15, -0.1) is 0 Å². The van der Waals surface area contributed by atoms with Crippen LogP contribution in [0.4, 0.5) is 10.1 Å². The first-order valence-electron chi connectivity index (χ1n) is 13.2. The quantitative estimate of drug-likeness (QED) is 0.105. The van der Waals surface area contributed by atoms with E-state index in [9.17, 15) is 24.4 Å². The minimum absolute atomic E-state index is 0.110. The lowest BCUT2D eigenvalue weighted by molar-refractivity contribution is -0.386. The Balaban J connectivity index is 1.66. The number of nitrogens with zero attached hydrogens (tertiary/aromatic N) is 2. The van der Waals surface area contributed by atoms with Crippen molar-refractivity contribution in [3.63, 3.8) is 0 Å². The van der Waals surface area contributed by atoms with Gasteiger partial charge in [-0.2, -0.15) is 0 Å². The third kappa shape index (κ3) is 8.69. The molecule has 0 aliphatic carbocycles. The molecule has 0 aliphatic heterocycles. The normalized spacial score (nSPS) is 12.5. The number of hydrogen-bond acceptors (Lipinski definition) is 6. The molecule has 0 aliphatic rings. The molecule has 0 bridgehead atoms. The fraction of sp³-hybridized carbons (Fsp3) is 0.219. The van der Waals surface area contributed by atoms with Crippen LogP contribution in [0.2, 0.25) is 0 Å². The van der Waals surface area contributed by atoms with Crippen molar-refractivity contribution < 1.29 is 28.7 Å². The van der Waals surface area contributed by atoms with E-state index >= 15 is 0 Å². The van der Waals surface area contributed by atoms with Gasteiger partial charge >= 0.3 is 11.7 Å². The summed E-state index contributed by atoms with van der Waals surface area (Å²) in [6.07, 6.45) is -0.960. The smallest absolute Gasteiger partial charge is 0.324 e. The van der Waals surface area contributed by atoms with E-state index in [2.05, 4.69) is 0 Å². The molecule has 1 N–H and O–H groups in total. The van der Waals surface area contributed by atoms with E-state index in [0.29, 0.717) is 6.61 Å². The number of nitro benzene ring substituents is 1. The molecule has 41 heavy (non-hydrogen) atoms. The summed E-state index contributed by atoms with van der Waals surface area (Å²) in [5.41, 5.74) is 2.15. The molecular formula is C32H31FN2O6. The largest absolute Gasteiger partial charge is 0.481 e.